The van der Waals surface area contributed by atoms with Gasteiger partial charge in [0.1, 0.15) is 0 Å². The first-order chi connectivity index (χ1) is 7.02. The van der Waals surface area contributed by atoms with Gasteiger partial charge in [-0.25, -0.2) is 0 Å². The van der Waals surface area contributed by atoms with Crippen LogP contribution in [-0.2, 0) is 0 Å². The largest absolute Gasteiger partial charge is 0.347 e. The lowest BCUT2D eigenvalue weighted by atomic mass is 10.2. The molecule has 0 aliphatic carbocycles. The Morgan fingerprint density at radius 1 is 1.47 bits per heavy atom. The number of benzene rings is 1. The van der Waals surface area contributed by atoms with Crippen LogP contribution in [-0.4, -0.2) is 12.5 Å². The van der Waals surface area contributed by atoms with Crippen LogP contribution in [0.2, 0.25) is 10.0 Å². The van der Waals surface area contributed by atoms with Gasteiger partial charge in [0, 0.05) is 11.0 Å². The first kappa shape index (κ1) is 12.6. The van der Waals surface area contributed by atoms with Crippen molar-refractivity contribution < 1.29 is 4.79 Å². The van der Waals surface area contributed by atoms with Crippen LogP contribution in [0, 0.1) is 0 Å². The zero-order chi connectivity index (χ0) is 11.4. The SMILES string of the molecule is C=C(Br)CNC(=O)c1cccc(Cl)c1Cl. The quantitative estimate of drug-likeness (QED) is 0.907. The Labute approximate surface area is 106 Å². The Morgan fingerprint density at radius 3 is 2.73 bits per heavy atom. The summed E-state index contributed by atoms with van der Waals surface area (Å²) in [6, 6.07) is 4.91. The number of halogens is 3. The maximum Gasteiger partial charge on any atom is 0.253 e. The molecule has 2 nitrogen and oxygen atoms in total. The second-order valence-corrected chi connectivity index (χ2v) is 4.71. The maximum atomic E-state index is 11.6. The van der Waals surface area contributed by atoms with Gasteiger partial charge in [-0.3, -0.25) is 4.79 Å². The third-order valence-electron chi connectivity index (χ3n) is 1.64. The number of nitrogens with one attached hydrogen (secondary N) is 1. The number of amides is 1. The van der Waals surface area contributed by atoms with Crippen molar-refractivity contribution in [2.24, 2.45) is 0 Å². The van der Waals surface area contributed by atoms with E-state index in [2.05, 4.69) is 27.8 Å². The molecule has 1 aromatic carbocycles. The second-order valence-electron chi connectivity index (χ2n) is 2.80. The van der Waals surface area contributed by atoms with Crippen LogP contribution < -0.4 is 5.32 Å². The minimum Gasteiger partial charge on any atom is -0.347 e. The molecule has 0 atom stereocenters. The number of rotatable bonds is 3. The van der Waals surface area contributed by atoms with Crippen LogP contribution in [0.25, 0.3) is 0 Å². The number of hydrogen-bond donors (Lipinski definition) is 1. The predicted molar refractivity (Wildman–Crippen MR) is 66.9 cm³/mol. The first-order valence-electron chi connectivity index (χ1n) is 4.08. The Kier molecular flexibility index (Phi) is 4.64. The Morgan fingerprint density at radius 2 is 2.13 bits per heavy atom. The summed E-state index contributed by atoms with van der Waals surface area (Å²) in [6.45, 7) is 3.95. The van der Waals surface area contributed by atoms with E-state index < -0.39 is 0 Å². The number of carbonyl (C=O) groups is 1. The molecule has 0 saturated carbocycles. The molecule has 1 aromatic rings. The van der Waals surface area contributed by atoms with Crippen LogP contribution in [0.15, 0.2) is 29.3 Å². The second kappa shape index (κ2) is 5.54. The monoisotopic (exact) mass is 307 g/mol. The summed E-state index contributed by atoms with van der Waals surface area (Å²) in [7, 11) is 0. The molecule has 0 aliphatic heterocycles. The Bertz CT molecular complexity index is 406. The minimum atomic E-state index is -0.275. The van der Waals surface area contributed by atoms with E-state index in [1.54, 1.807) is 18.2 Å². The van der Waals surface area contributed by atoms with E-state index in [4.69, 9.17) is 23.2 Å². The van der Waals surface area contributed by atoms with Crippen molar-refractivity contribution in [1.29, 1.82) is 0 Å². The summed E-state index contributed by atoms with van der Waals surface area (Å²) in [5.74, 6) is -0.275. The van der Waals surface area contributed by atoms with Gasteiger partial charge in [-0.15, -0.1) is 0 Å². The maximum absolute atomic E-state index is 11.6. The average molecular weight is 309 g/mol. The smallest absolute Gasteiger partial charge is 0.253 e. The fourth-order valence-corrected chi connectivity index (χ4v) is 1.48. The highest BCUT2D eigenvalue weighted by atomic mass is 79.9. The fraction of sp³-hybridized carbons (Fsp3) is 0.100. The fourth-order valence-electron chi connectivity index (χ4n) is 0.951. The lowest BCUT2D eigenvalue weighted by molar-refractivity contribution is 0.0958. The van der Waals surface area contributed by atoms with Crippen LogP contribution in [0.1, 0.15) is 10.4 Å². The summed E-state index contributed by atoms with van der Waals surface area (Å²) >= 11 is 14.8. The molecule has 0 aromatic heterocycles. The van der Waals surface area contributed by atoms with Gasteiger partial charge in [-0.05, 0) is 12.1 Å². The standard InChI is InChI=1S/C10H8BrCl2NO/c1-6(11)5-14-10(15)7-3-2-4-8(12)9(7)13/h2-4H,1,5H2,(H,14,15). The summed E-state index contributed by atoms with van der Waals surface area (Å²) in [5, 5.41) is 3.26. The lowest BCUT2D eigenvalue weighted by Crippen LogP contribution is -2.24. The molecule has 5 heteroatoms. The highest BCUT2D eigenvalue weighted by Gasteiger charge is 2.11. The number of carbonyl (C=O) groups excluding carboxylic acids is 1. The van der Waals surface area contributed by atoms with E-state index in [0.29, 0.717) is 21.6 Å². The van der Waals surface area contributed by atoms with Gasteiger partial charge in [0.15, 0.2) is 0 Å². The highest BCUT2D eigenvalue weighted by molar-refractivity contribution is 9.11. The van der Waals surface area contributed by atoms with Crippen molar-refractivity contribution in [2.45, 2.75) is 0 Å². The molecule has 0 spiro atoms. The van der Waals surface area contributed by atoms with Gasteiger partial charge in [-0.2, -0.15) is 0 Å². The van der Waals surface area contributed by atoms with Crippen molar-refractivity contribution in [2.75, 3.05) is 6.54 Å². The van der Waals surface area contributed by atoms with Gasteiger partial charge in [-0.1, -0.05) is 51.8 Å². The molecule has 0 unspecified atom stereocenters. The molecular weight excluding hydrogens is 301 g/mol. The molecule has 0 heterocycles. The number of hydrogen-bond acceptors (Lipinski definition) is 1. The van der Waals surface area contributed by atoms with E-state index in [1.165, 1.54) is 0 Å². The summed E-state index contributed by atoms with van der Waals surface area (Å²) in [5.41, 5.74) is 0.359. The molecule has 1 amide bonds. The van der Waals surface area contributed by atoms with E-state index >= 15 is 0 Å². The third kappa shape index (κ3) is 3.52. The Balaban J connectivity index is 2.82. The molecule has 80 valence electrons. The zero-order valence-electron chi connectivity index (χ0n) is 7.69. The first-order valence-corrected chi connectivity index (χ1v) is 5.62. The van der Waals surface area contributed by atoms with Crippen LogP contribution in [0.5, 0.6) is 0 Å². The minimum absolute atomic E-state index is 0.261. The zero-order valence-corrected chi connectivity index (χ0v) is 10.8. The molecule has 0 fully saturated rings. The topological polar surface area (TPSA) is 29.1 Å². The summed E-state index contributed by atoms with van der Waals surface area (Å²) in [6.07, 6.45) is 0. The van der Waals surface area contributed by atoms with Crippen molar-refractivity contribution in [3.8, 4) is 0 Å². The van der Waals surface area contributed by atoms with Gasteiger partial charge >= 0.3 is 0 Å². The predicted octanol–water partition coefficient (Wildman–Crippen LogP) is 3.63. The van der Waals surface area contributed by atoms with Crippen LogP contribution >= 0.6 is 39.1 Å². The summed E-state index contributed by atoms with van der Waals surface area (Å²) < 4.78 is 0.689. The van der Waals surface area contributed by atoms with Gasteiger partial charge in [0.2, 0.25) is 0 Å². The third-order valence-corrected chi connectivity index (χ3v) is 2.74. The molecule has 15 heavy (non-hydrogen) atoms. The molecule has 0 radical (unpaired) electrons. The molecule has 0 saturated heterocycles. The van der Waals surface area contributed by atoms with E-state index in [9.17, 15) is 4.79 Å². The van der Waals surface area contributed by atoms with Crippen molar-refractivity contribution in [3.05, 3.63) is 44.9 Å². The highest BCUT2D eigenvalue weighted by Crippen LogP contribution is 2.25. The van der Waals surface area contributed by atoms with Crippen molar-refractivity contribution in [3.63, 3.8) is 0 Å². The van der Waals surface area contributed by atoms with Crippen LogP contribution in [0.3, 0.4) is 0 Å². The molecule has 0 bridgehead atoms. The van der Waals surface area contributed by atoms with Crippen molar-refractivity contribution >= 4 is 45.0 Å². The van der Waals surface area contributed by atoms with Gasteiger partial charge in [0.05, 0.1) is 15.6 Å². The lowest BCUT2D eigenvalue weighted by Gasteiger charge is -2.06. The van der Waals surface area contributed by atoms with Crippen molar-refractivity contribution in [1.82, 2.24) is 5.32 Å². The van der Waals surface area contributed by atoms with Gasteiger partial charge in [0.25, 0.3) is 5.91 Å². The van der Waals surface area contributed by atoms with E-state index in [1.807, 2.05) is 0 Å². The Hall–Kier alpha value is -0.510. The summed E-state index contributed by atoms with van der Waals surface area (Å²) in [4.78, 5) is 11.6. The molecular formula is C10H8BrCl2NO. The molecule has 0 aliphatic rings. The van der Waals surface area contributed by atoms with Crippen LogP contribution in [0.4, 0.5) is 0 Å². The normalized spacial score (nSPS) is 9.80. The average Bonchev–Trinajstić information content (AvgIpc) is 2.18. The van der Waals surface area contributed by atoms with Gasteiger partial charge < -0.3 is 5.32 Å². The van der Waals surface area contributed by atoms with E-state index in [0.717, 1.165) is 0 Å². The van der Waals surface area contributed by atoms with E-state index in [-0.39, 0.29) is 10.9 Å². The molecule has 1 rings (SSSR count). The molecule has 1 N–H and O–H groups in total.